The minimum absolute atomic E-state index is 0.230. The van der Waals surface area contributed by atoms with Crippen molar-refractivity contribution in [1.82, 2.24) is 5.43 Å². The minimum atomic E-state index is -0.604. The Balaban J connectivity index is 1.24. The first-order chi connectivity index (χ1) is 22.6. The second-order valence-electron chi connectivity index (χ2n) is 9.96. The molecule has 13 heteroatoms. The number of aryl methyl sites for hydroxylation is 1. The first kappa shape index (κ1) is 33.5. The lowest BCUT2D eigenvalue weighted by Gasteiger charge is -2.14. The number of amides is 2. The number of carbonyl (C=O) groups excluding carboxylic acids is 3. The summed E-state index contributed by atoms with van der Waals surface area (Å²) in [5, 5.41) is 7.95. The molecule has 1 aromatic heterocycles. The van der Waals surface area contributed by atoms with Gasteiger partial charge < -0.3 is 24.3 Å². The van der Waals surface area contributed by atoms with Crippen LogP contribution in [0.1, 0.15) is 41.5 Å². The van der Waals surface area contributed by atoms with Crippen LogP contribution in [-0.2, 0) is 0 Å². The summed E-state index contributed by atoms with van der Waals surface area (Å²) >= 11 is 11.2. The molecule has 0 aliphatic heterocycles. The van der Waals surface area contributed by atoms with E-state index in [1.165, 1.54) is 63.1 Å². The normalized spacial score (nSPS) is 10.9. The smallest absolute Gasteiger partial charge is 0.355 e. The van der Waals surface area contributed by atoms with Crippen molar-refractivity contribution in [3.63, 3.8) is 0 Å². The zero-order valence-electron chi connectivity index (χ0n) is 25.5. The standard InChI is InChI=1S/C34H27BrClN3O7S/c1-18-5-11-24-28(13-18)47-31(29(24)36)34(42)46-25-12-8-22(35)14-21(25)17-37-39-33(41)19-6-9-23(10-7-19)38-32(40)20-15-26(43-2)30(45-4)27(16-20)44-3/h5-17H,1-4H3,(H,38,40)(H,39,41)/b37-17-. The second kappa shape index (κ2) is 14.7. The highest BCUT2D eigenvalue weighted by atomic mass is 79.9. The van der Waals surface area contributed by atoms with Gasteiger partial charge in [-0.25, -0.2) is 10.2 Å². The van der Waals surface area contributed by atoms with E-state index in [1.54, 1.807) is 30.3 Å². The fourth-order valence-electron chi connectivity index (χ4n) is 4.51. The maximum atomic E-state index is 13.1. The van der Waals surface area contributed by atoms with Crippen LogP contribution < -0.4 is 29.7 Å². The van der Waals surface area contributed by atoms with E-state index < -0.39 is 17.8 Å². The van der Waals surface area contributed by atoms with Crippen molar-refractivity contribution >= 4 is 78.6 Å². The molecular formula is C34H27BrClN3O7S. The van der Waals surface area contributed by atoms with E-state index in [-0.39, 0.29) is 16.2 Å². The molecular weight excluding hydrogens is 710 g/mol. The highest BCUT2D eigenvalue weighted by molar-refractivity contribution is 9.10. The summed E-state index contributed by atoms with van der Waals surface area (Å²) in [5.41, 5.74) is 4.99. The Kier molecular flexibility index (Phi) is 10.4. The van der Waals surface area contributed by atoms with Gasteiger partial charge in [0.25, 0.3) is 11.8 Å². The molecule has 2 amide bonds. The summed E-state index contributed by atoms with van der Waals surface area (Å²) in [6.07, 6.45) is 1.37. The van der Waals surface area contributed by atoms with Crippen LogP contribution in [-0.4, -0.2) is 45.3 Å². The first-order valence-electron chi connectivity index (χ1n) is 13.9. The third kappa shape index (κ3) is 7.57. The highest BCUT2D eigenvalue weighted by Gasteiger charge is 2.21. The summed E-state index contributed by atoms with van der Waals surface area (Å²) in [6.45, 7) is 1.97. The van der Waals surface area contributed by atoms with Crippen molar-refractivity contribution in [3.8, 4) is 23.0 Å². The fourth-order valence-corrected chi connectivity index (χ4v) is 6.37. The van der Waals surface area contributed by atoms with E-state index >= 15 is 0 Å². The SMILES string of the molecule is COc1cc(C(=O)Nc2ccc(C(=O)N/N=C\c3cc(Br)ccc3OC(=O)c3sc4cc(C)ccc4c3Cl)cc2)cc(OC)c1OC. The molecule has 4 aromatic carbocycles. The molecule has 0 bridgehead atoms. The van der Waals surface area contributed by atoms with Crippen molar-refractivity contribution in [1.29, 1.82) is 0 Å². The molecule has 0 saturated heterocycles. The third-order valence-electron chi connectivity index (χ3n) is 6.85. The molecule has 0 spiro atoms. The number of nitrogens with zero attached hydrogens (tertiary/aromatic N) is 1. The van der Waals surface area contributed by atoms with E-state index in [0.717, 1.165) is 15.6 Å². The molecule has 240 valence electrons. The molecule has 2 N–H and O–H groups in total. The molecule has 0 atom stereocenters. The molecule has 0 unspecified atom stereocenters. The van der Waals surface area contributed by atoms with Crippen molar-refractivity contribution in [2.75, 3.05) is 26.6 Å². The Morgan fingerprint density at radius 2 is 1.53 bits per heavy atom. The third-order valence-corrected chi connectivity index (χ3v) is 8.98. The van der Waals surface area contributed by atoms with Gasteiger partial charge in [-0.15, -0.1) is 11.3 Å². The second-order valence-corrected chi connectivity index (χ2v) is 12.3. The number of esters is 1. The average molecular weight is 737 g/mol. The largest absolute Gasteiger partial charge is 0.493 e. The van der Waals surface area contributed by atoms with Crippen molar-refractivity contribution in [3.05, 3.63) is 109 Å². The van der Waals surface area contributed by atoms with Crippen LogP contribution in [0.3, 0.4) is 0 Å². The zero-order valence-corrected chi connectivity index (χ0v) is 28.6. The number of nitrogens with one attached hydrogen (secondary N) is 2. The zero-order chi connectivity index (χ0) is 33.7. The van der Waals surface area contributed by atoms with Gasteiger partial charge in [0.15, 0.2) is 11.5 Å². The number of rotatable bonds is 10. The van der Waals surface area contributed by atoms with Gasteiger partial charge in [-0.3, -0.25) is 9.59 Å². The number of hydrogen-bond acceptors (Lipinski definition) is 9. The van der Waals surface area contributed by atoms with E-state index in [9.17, 15) is 14.4 Å². The van der Waals surface area contributed by atoms with Crippen LogP contribution in [0.15, 0.2) is 82.4 Å². The monoisotopic (exact) mass is 735 g/mol. The highest BCUT2D eigenvalue weighted by Crippen LogP contribution is 2.39. The maximum Gasteiger partial charge on any atom is 0.355 e. The Morgan fingerprint density at radius 3 is 2.19 bits per heavy atom. The van der Waals surface area contributed by atoms with Crippen LogP contribution in [0.25, 0.3) is 10.1 Å². The molecule has 0 fully saturated rings. The van der Waals surface area contributed by atoms with Crippen LogP contribution >= 0.6 is 38.9 Å². The summed E-state index contributed by atoms with van der Waals surface area (Å²) in [5.74, 6) is -0.234. The first-order valence-corrected chi connectivity index (χ1v) is 15.9. The molecule has 5 rings (SSSR count). The Bertz CT molecular complexity index is 2000. The number of methoxy groups -OCH3 is 3. The van der Waals surface area contributed by atoms with Gasteiger partial charge in [0.1, 0.15) is 10.6 Å². The lowest BCUT2D eigenvalue weighted by Crippen LogP contribution is -2.18. The van der Waals surface area contributed by atoms with E-state index in [1.807, 2.05) is 25.1 Å². The molecule has 1 heterocycles. The van der Waals surface area contributed by atoms with Gasteiger partial charge in [-0.2, -0.15) is 5.10 Å². The lowest BCUT2D eigenvalue weighted by atomic mass is 10.1. The molecule has 10 nitrogen and oxygen atoms in total. The average Bonchev–Trinajstić information content (AvgIpc) is 3.40. The maximum absolute atomic E-state index is 13.1. The number of ether oxygens (including phenoxy) is 4. The van der Waals surface area contributed by atoms with Gasteiger partial charge in [-0.05, 0) is 73.2 Å². The summed E-state index contributed by atoms with van der Waals surface area (Å²) in [4.78, 5) is 39.1. The van der Waals surface area contributed by atoms with Crippen LogP contribution in [0.5, 0.6) is 23.0 Å². The number of halogens is 2. The molecule has 0 radical (unpaired) electrons. The van der Waals surface area contributed by atoms with Gasteiger partial charge in [-0.1, -0.05) is 39.7 Å². The topological polar surface area (TPSA) is 125 Å². The number of fused-ring (bicyclic) bond motifs is 1. The fraction of sp³-hybridized carbons (Fsp3) is 0.118. The molecule has 0 aliphatic rings. The van der Waals surface area contributed by atoms with Crippen molar-refractivity contribution in [2.24, 2.45) is 5.10 Å². The predicted molar refractivity (Wildman–Crippen MR) is 186 cm³/mol. The van der Waals surface area contributed by atoms with Crippen LogP contribution in [0.2, 0.25) is 5.02 Å². The van der Waals surface area contributed by atoms with Gasteiger partial charge >= 0.3 is 5.97 Å². The van der Waals surface area contributed by atoms with Gasteiger partial charge in [0.2, 0.25) is 5.75 Å². The number of hydrazone groups is 1. The van der Waals surface area contributed by atoms with E-state index in [0.29, 0.717) is 43.6 Å². The number of hydrogen-bond donors (Lipinski definition) is 2. The minimum Gasteiger partial charge on any atom is -0.493 e. The summed E-state index contributed by atoms with van der Waals surface area (Å²) in [7, 11) is 4.40. The van der Waals surface area contributed by atoms with Crippen LogP contribution in [0, 0.1) is 6.92 Å². The summed E-state index contributed by atoms with van der Waals surface area (Å²) < 4.78 is 23.2. The predicted octanol–water partition coefficient (Wildman–Crippen LogP) is 7.89. The number of thiophene rings is 1. The molecule has 0 saturated carbocycles. The quantitative estimate of drug-likeness (QED) is 0.0647. The molecule has 47 heavy (non-hydrogen) atoms. The Morgan fingerprint density at radius 1 is 0.830 bits per heavy atom. The van der Waals surface area contributed by atoms with Crippen molar-refractivity contribution < 1.29 is 33.3 Å². The van der Waals surface area contributed by atoms with Crippen LogP contribution in [0.4, 0.5) is 5.69 Å². The van der Waals surface area contributed by atoms with Gasteiger partial charge in [0.05, 0.1) is 32.6 Å². The van der Waals surface area contributed by atoms with Gasteiger partial charge in [0, 0.05) is 36.9 Å². The lowest BCUT2D eigenvalue weighted by molar-refractivity contribution is 0.0739. The molecule has 0 aliphatic carbocycles. The number of anilines is 1. The Hall–Kier alpha value is -4.91. The number of carbonyl (C=O) groups is 3. The van der Waals surface area contributed by atoms with Crippen molar-refractivity contribution in [2.45, 2.75) is 6.92 Å². The Labute approximate surface area is 287 Å². The number of benzene rings is 4. The van der Waals surface area contributed by atoms with E-state index in [2.05, 4.69) is 31.8 Å². The molecule has 5 aromatic rings. The summed E-state index contributed by atoms with van der Waals surface area (Å²) in [6, 6.07) is 20.1. The van der Waals surface area contributed by atoms with E-state index in [4.69, 9.17) is 30.5 Å².